The third kappa shape index (κ3) is 4.76. The fraction of sp³-hybridized carbons (Fsp3) is 0.300. The number of halogens is 1. The van der Waals surface area contributed by atoms with E-state index in [9.17, 15) is 9.59 Å². The summed E-state index contributed by atoms with van der Waals surface area (Å²) in [4.78, 5) is 24.6. The molecular weight excluding hydrogens is 356 g/mol. The first-order chi connectivity index (χ1) is 12.5. The van der Waals surface area contributed by atoms with Crippen molar-refractivity contribution in [2.24, 2.45) is 0 Å². The van der Waals surface area contributed by atoms with Crippen molar-refractivity contribution in [2.45, 2.75) is 19.3 Å². The molecule has 0 aromatic heterocycles. The molecule has 0 aliphatic heterocycles. The Morgan fingerprint density at radius 1 is 0.808 bits per heavy atom. The maximum atomic E-state index is 12.5. The van der Waals surface area contributed by atoms with E-state index < -0.39 is 0 Å². The van der Waals surface area contributed by atoms with Crippen molar-refractivity contribution in [1.29, 1.82) is 0 Å². The van der Waals surface area contributed by atoms with Gasteiger partial charge in [0.25, 0.3) is 0 Å². The first-order valence-corrected chi connectivity index (χ1v) is 8.50. The third-order valence-electron chi connectivity index (χ3n) is 3.96. The first kappa shape index (κ1) is 19.8. The topological polar surface area (TPSA) is 61.8 Å². The molecule has 0 fully saturated rings. The van der Waals surface area contributed by atoms with E-state index >= 15 is 0 Å². The lowest BCUT2D eigenvalue weighted by Crippen LogP contribution is -2.05. The normalized spacial score (nSPS) is 10.3. The standard InChI is InChI=1S/C20H21ClO5/c1-24-18-11-14(12-19(25-2)20(18)26-3)17(23)6-4-5-16(22)13-7-9-15(21)10-8-13/h7-12H,4-6H2,1-3H3. The maximum absolute atomic E-state index is 12.5. The lowest BCUT2D eigenvalue weighted by molar-refractivity contribution is 0.0956. The van der Waals surface area contributed by atoms with E-state index in [2.05, 4.69) is 0 Å². The number of carbonyl (C=O) groups excluding carboxylic acids is 2. The van der Waals surface area contributed by atoms with Crippen LogP contribution in [0.2, 0.25) is 5.02 Å². The molecule has 138 valence electrons. The summed E-state index contributed by atoms with van der Waals surface area (Å²) < 4.78 is 15.8. The number of methoxy groups -OCH3 is 3. The fourth-order valence-electron chi connectivity index (χ4n) is 2.58. The van der Waals surface area contributed by atoms with Crippen molar-refractivity contribution >= 4 is 23.2 Å². The Kier molecular flexibility index (Phi) is 7.04. The van der Waals surface area contributed by atoms with Crippen molar-refractivity contribution in [2.75, 3.05) is 21.3 Å². The van der Waals surface area contributed by atoms with E-state index in [-0.39, 0.29) is 24.4 Å². The first-order valence-electron chi connectivity index (χ1n) is 8.12. The minimum Gasteiger partial charge on any atom is -0.493 e. The Labute approximate surface area is 157 Å². The van der Waals surface area contributed by atoms with E-state index in [1.54, 1.807) is 36.4 Å². The van der Waals surface area contributed by atoms with Gasteiger partial charge in [-0.1, -0.05) is 11.6 Å². The molecule has 0 saturated carbocycles. The zero-order valence-electron chi connectivity index (χ0n) is 15.0. The Hall–Kier alpha value is -2.53. The predicted molar refractivity (Wildman–Crippen MR) is 100 cm³/mol. The van der Waals surface area contributed by atoms with E-state index in [1.165, 1.54) is 21.3 Å². The number of ether oxygens (including phenoxy) is 3. The van der Waals surface area contributed by atoms with Gasteiger partial charge < -0.3 is 14.2 Å². The second kappa shape index (κ2) is 9.25. The molecule has 0 saturated heterocycles. The van der Waals surface area contributed by atoms with Crippen LogP contribution in [0.5, 0.6) is 17.2 Å². The van der Waals surface area contributed by atoms with Gasteiger partial charge in [-0.05, 0) is 42.8 Å². The van der Waals surface area contributed by atoms with Crippen molar-refractivity contribution in [3.63, 3.8) is 0 Å². The van der Waals surface area contributed by atoms with Gasteiger partial charge in [-0.25, -0.2) is 0 Å². The van der Waals surface area contributed by atoms with E-state index in [1.807, 2.05) is 0 Å². The Bertz CT molecular complexity index is 758. The monoisotopic (exact) mass is 376 g/mol. The molecule has 0 unspecified atom stereocenters. The van der Waals surface area contributed by atoms with Crippen molar-refractivity contribution in [3.05, 3.63) is 52.5 Å². The van der Waals surface area contributed by atoms with Crippen LogP contribution in [0, 0.1) is 0 Å². The zero-order chi connectivity index (χ0) is 19.1. The zero-order valence-corrected chi connectivity index (χ0v) is 15.8. The second-order valence-electron chi connectivity index (χ2n) is 5.62. The summed E-state index contributed by atoms with van der Waals surface area (Å²) in [5, 5.41) is 0.583. The summed E-state index contributed by atoms with van der Waals surface area (Å²) in [6.07, 6.45) is 0.993. The summed E-state index contributed by atoms with van der Waals surface area (Å²) in [5.74, 6) is 1.18. The molecule has 0 atom stereocenters. The van der Waals surface area contributed by atoms with Crippen LogP contribution in [-0.2, 0) is 0 Å². The molecule has 26 heavy (non-hydrogen) atoms. The minimum absolute atomic E-state index is 0.0145. The summed E-state index contributed by atoms with van der Waals surface area (Å²) in [6.45, 7) is 0. The molecule has 0 bridgehead atoms. The fourth-order valence-corrected chi connectivity index (χ4v) is 2.70. The van der Waals surface area contributed by atoms with Crippen LogP contribution in [0.4, 0.5) is 0 Å². The van der Waals surface area contributed by atoms with Crippen molar-refractivity contribution in [3.8, 4) is 17.2 Å². The van der Waals surface area contributed by atoms with Crippen LogP contribution < -0.4 is 14.2 Å². The van der Waals surface area contributed by atoms with Crippen LogP contribution in [0.25, 0.3) is 0 Å². The molecule has 0 aliphatic rings. The number of hydrogen-bond donors (Lipinski definition) is 0. The van der Waals surface area contributed by atoms with Gasteiger partial charge in [0.15, 0.2) is 23.1 Å². The van der Waals surface area contributed by atoms with Gasteiger partial charge >= 0.3 is 0 Å². The Morgan fingerprint density at radius 3 is 1.77 bits per heavy atom. The Balaban J connectivity index is 2.01. The molecule has 5 nitrogen and oxygen atoms in total. The number of ketones is 2. The lowest BCUT2D eigenvalue weighted by Gasteiger charge is -2.13. The molecular formula is C20H21ClO5. The molecule has 2 aromatic rings. The number of carbonyl (C=O) groups is 2. The van der Waals surface area contributed by atoms with Gasteiger partial charge in [0.1, 0.15) is 0 Å². The summed E-state index contributed by atoms with van der Waals surface area (Å²) in [5.41, 5.74) is 1.05. The number of rotatable bonds is 9. The SMILES string of the molecule is COc1cc(C(=O)CCCC(=O)c2ccc(Cl)cc2)cc(OC)c1OC. The van der Waals surface area contributed by atoms with E-state index in [0.29, 0.717) is 39.8 Å². The van der Waals surface area contributed by atoms with Gasteiger partial charge in [0, 0.05) is 29.0 Å². The van der Waals surface area contributed by atoms with Gasteiger partial charge in [-0.15, -0.1) is 0 Å². The molecule has 0 aliphatic carbocycles. The van der Waals surface area contributed by atoms with Gasteiger partial charge in [-0.3, -0.25) is 9.59 Å². The lowest BCUT2D eigenvalue weighted by atomic mass is 10.0. The van der Waals surface area contributed by atoms with Gasteiger partial charge in [0.05, 0.1) is 21.3 Å². The second-order valence-corrected chi connectivity index (χ2v) is 6.06. The van der Waals surface area contributed by atoms with E-state index in [0.717, 1.165) is 0 Å². The van der Waals surface area contributed by atoms with Crippen LogP contribution in [-0.4, -0.2) is 32.9 Å². The highest BCUT2D eigenvalue weighted by Crippen LogP contribution is 2.38. The van der Waals surface area contributed by atoms with E-state index in [4.69, 9.17) is 25.8 Å². The quantitative estimate of drug-likeness (QED) is 0.598. The van der Waals surface area contributed by atoms with Gasteiger partial charge in [0.2, 0.25) is 5.75 Å². The summed E-state index contributed by atoms with van der Waals surface area (Å²) in [6, 6.07) is 9.96. The smallest absolute Gasteiger partial charge is 0.203 e. The number of benzene rings is 2. The summed E-state index contributed by atoms with van der Waals surface area (Å²) in [7, 11) is 4.50. The van der Waals surface area contributed by atoms with Crippen LogP contribution in [0.3, 0.4) is 0 Å². The highest BCUT2D eigenvalue weighted by atomic mass is 35.5. The Morgan fingerprint density at radius 2 is 1.31 bits per heavy atom. The summed E-state index contributed by atoms with van der Waals surface area (Å²) >= 11 is 5.82. The molecule has 0 radical (unpaired) electrons. The predicted octanol–water partition coefficient (Wildman–Crippen LogP) is 4.60. The molecule has 6 heteroatoms. The van der Waals surface area contributed by atoms with Gasteiger partial charge in [-0.2, -0.15) is 0 Å². The number of Topliss-reactive ketones (excluding diaryl/α,β-unsaturated/α-hetero) is 2. The van der Waals surface area contributed by atoms with Crippen molar-refractivity contribution in [1.82, 2.24) is 0 Å². The minimum atomic E-state index is -0.0897. The molecule has 2 rings (SSSR count). The largest absolute Gasteiger partial charge is 0.493 e. The van der Waals surface area contributed by atoms with Crippen LogP contribution >= 0.6 is 11.6 Å². The van der Waals surface area contributed by atoms with Crippen molar-refractivity contribution < 1.29 is 23.8 Å². The average molecular weight is 377 g/mol. The molecule has 0 N–H and O–H groups in total. The molecule has 2 aromatic carbocycles. The van der Waals surface area contributed by atoms with Crippen LogP contribution in [0.1, 0.15) is 40.0 Å². The third-order valence-corrected chi connectivity index (χ3v) is 4.21. The highest BCUT2D eigenvalue weighted by Gasteiger charge is 2.17. The van der Waals surface area contributed by atoms with Crippen LogP contribution in [0.15, 0.2) is 36.4 Å². The maximum Gasteiger partial charge on any atom is 0.203 e. The molecule has 0 spiro atoms. The average Bonchev–Trinajstić information content (AvgIpc) is 2.66. The molecule has 0 amide bonds. The molecule has 0 heterocycles. The highest BCUT2D eigenvalue weighted by molar-refractivity contribution is 6.30. The number of hydrogen-bond acceptors (Lipinski definition) is 5.